The summed E-state index contributed by atoms with van der Waals surface area (Å²) in [6, 6.07) is 5.28. The minimum Gasteiger partial charge on any atom is -0.367 e. The Morgan fingerprint density at radius 3 is 2.75 bits per heavy atom. The second-order valence-corrected chi connectivity index (χ2v) is 4.23. The normalized spacial score (nSPS) is 9.94. The van der Waals surface area contributed by atoms with E-state index in [0.717, 1.165) is 30.6 Å². The predicted molar refractivity (Wildman–Crippen MR) is 69.5 cm³/mol. The van der Waals surface area contributed by atoms with Gasteiger partial charge in [0.1, 0.15) is 0 Å². The lowest BCUT2D eigenvalue weighted by atomic mass is 10.1. The summed E-state index contributed by atoms with van der Waals surface area (Å²) in [7, 11) is 0. The number of likely N-dealkylation sites (N-methyl/N-ethyl adjacent to an activating group) is 1. The van der Waals surface area contributed by atoms with Gasteiger partial charge >= 0.3 is 0 Å². The third-order valence-electron chi connectivity index (χ3n) is 2.30. The zero-order chi connectivity index (χ0) is 12.1. The van der Waals surface area contributed by atoms with Gasteiger partial charge in [0, 0.05) is 29.4 Å². The highest BCUT2D eigenvalue weighted by Gasteiger charge is 2.10. The van der Waals surface area contributed by atoms with Gasteiger partial charge in [0.25, 0.3) is 0 Å². The van der Waals surface area contributed by atoms with Crippen LogP contribution in [0.5, 0.6) is 0 Å². The Morgan fingerprint density at radius 1 is 1.56 bits per heavy atom. The zero-order valence-corrected chi connectivity index (χ0v) is 10.4. The van der Waals surface area contributed by atoms with Crippen LogP contribution in [0.15, 0.2) is 30.4 Å². The van der Waals surface area contributed by atoms with Gasteiger partial charge in [0.15, 0.2) is 6.29 Å². The molecule has 1 rings (SSSR count). The first-order valence-corrected chi connectivity index (χ1v) is 5.60. The molecule has 0 atom stereocenters. The van der Waals surface area contributed by atoms with E-state index in [1.165, 1.54) is 0 Å². The summed E-state index contributed by atoms with van der Waals surface area (Å²) in [5.74, 6) is 0. The van der Waals surface area contributed by atoms with E-state index in [0.29, 0.717) is 10.6 Å². The van der Waals surface area contributed by atoms with Crippen molar-refractivity contribution in [3.05, 3.63) is 40.9 Å². The number of carbonyl (C=O) groups is 1. The molecule has 1 aromatic rings. The van der Waals surface area contributed by atoms with E-state index in [1.54, 1.807) is 12.1 Å². The first-order chi connectivity index (χ1) is 7.58. The van der Waals surface area contributed by atoms with Crippen LogP contribution in [0.25, 0.3) is 0 Å². The molecule has 0 aliphatic carbocycles. The number of halogens is 1. The van der Waals surface area contributed by atoms with Crippen molar-refractivity contribution in [3.8, 4) is 0 Å². The van der Waals surface area contributed by atoms with Crippen LogP contribution in [0.4, 0.5) is 5.69 Å². The fourth-order valence-electron chi connectivity index (χ4n) is 1.58. The van der Waals surface area contributed by atoms with Crippen molar-refractivity contribution in [1.82, 2.24) is 0 Å². The number of aldehydes is 1. The summed E-state index contributed by atoms with van der Waals surface area (Å²) in [4.78, 5) is 13.0. The smallest absolute Gasteiger partial charge is 0.152 e. The summed E-state index contributed by atoms with van der Waals surface area (Å²) in [6.45, 7) is 9.44. The standard InChI is InChI=1S/C13H16ClNO/c1-4-15(8-10(2)3)13-7-12(14)6-5-11(13)9-16/h5-7,9H,2,4,8H2,1,3H3. The van der Waals surface area contributed by atoms with E-state index >= 15 is 0 Å². The van der Waals surface area contributed by atoms with Crippen LogP contribution < -0.4 is 4.90 Å². The molecule has 0 radical (unpaired) electrons. The van der Waals surface area contributed by atoms with Crippen LogP contribution in [0.2, 0.25) is 5.02 Å². The molecular formula is C13H16ClNO. The number of rotatable bonds is 5. The summed E-state index contributed by atoms with van der Waals surface area (Å²) in [5.41, 5.74) is 2.58. The molecule has 1 aromatic carbocycles. The molecule has 16 heavy (non-hydrogen) atoms. The fourth-order valence-corrected chi connectivity index (χ4v) is 1.75. The molecule has 0 N–H and O–H groups in total. The molecule has 0 spiro atoms. The Balaban J connectivity index is 3.11. The molecule has 0 unspecified atom stereocenters. The predicted octanol–water partition coefficient (Wildman–Crippen LogP) is 3.55. The second kappa shape index (κ2) is 5.71. The van der Waals surface area contributed by atoms with Gasteiger partial charge in [-0.1, -0.05) is 23.8 Å². The first-order valence-electron chi connectivity index (χ1n) is 5.22. The van der Waals surface area contributed by atoms with E-state index in [1.807, 2.05) is 19.9 Å². The fraction of sp³-hybridized carbons (Fsp3) is 0.308. The van der Waals surface area contributed by atoms with E-state index in [9.17, 15) is 4.79 Å². The average molecular weight is 238 g/mol. The molecule has 0 heterocycles. The summed E-state index contributed by atoms with van der Waals surface area (Å²) >= 11 is 5.95. The van der Waals surface area contributed by atoms with E-state index in [4.69, 9.17) is 11.6 Å². The van der Waals surface area contributed by atoms with Crippen molar-refractivity contribution in [2.75, 3.05) is 18.0 Å². The first kappa shape index (κ1) is 12.8. The van der Waals surface area contributed by atoms with Gasteiger partial charge < -0.3 is 4.90 Å². The van der Waals surface area contributed by atoms with Crippen molar-refractivity contribution in [3.63, 3.8) is 0 Å². The summed E-state index contributed by atoms with van der Waals surface area (Å²) in [5, 5.41) is 0.640. The Hall–Kier alpha value is -1.28. The SMILES string of the molecule is C=C(C)CN(CC)c1cc(Cl)ccc1C=O. The Labute approximate surface area is 102 Å². The average Bonchev–Trinajstić information content (AvgIpc) is 2.25. The maximum atomic E-state index is 11.0. The molecule has 0 fully saturated rings. The Kier molecular flexibility index (Phi) is 4.56. The van der Waals surface area contributed by atoms with E-state index < -0.39 is 0 Å². The van der Waals surface area contributed by atoms with E-state index in [-0.39, 0.29) is 0 Å². The number of hydrogen-bond donors (Lipinski definition) is 0. The van der Waals surface area contributed by atoms with Crippen molar-refractivity contribution in [2.24, 2.45) is 0 Å². The van der Waals surface area contributed by atoms with Gasteiger partial charge in [-0.15, -0.1) is 0 Å². The number of hydrogen-bond acceptors (Lipinski definition) is 2. The van der Waals surface area contributed by atoms with Crippen molar-refractivity contribution in [2.45, 2.75) is 13.8 Å². The van der Waals surface area contributed by atoms with Crippen molar-refractivity contribution < 1.29 is 4.79 Å². The molecule has 0 amide bonds. The molecule has 0 aliphatic heterocycles. The topological polar surface area (TPSA) is 20.3 Å². The van der Waals surface area contributed by atoms with Crippen LogP contribution in [-0.4, -0.2) is 19.4 Å². The highest BCUT2D eigenvalue weighted by Crippen LogP contribution is 2.24. The monoisotopic (exact) mass is 237 g/mol. The quantitative estimate of drug-likeness (QED) is 0.577. The molecule has 0 aromatic heterocycles. The number of nitrogens with zero attached hydrogens (tertiary/aromatic N) is 1. The molecule has 0 aliphatic rings. The third kappa shape index (κ3) is 3.11. The van der Waals surface area contributed by atoms with E-state index in [2.05, 4.69) is 11.5 Å². The number of anilines is 1. The lowest BCUT2D eigenvalue weighted by molar-refractivity contribution is 0.112. The van der Waals surface area contributed by atoms with Gasteiger partial charge in [0.05, 0.1) is 0 Å². The van der Waals surface area contributed by atoms with Gasteiger partial charge in [-0.25, -0.2) is 0 Å². The number of carbonyl (C=O) groups excluding carboxylic acids is 1. The maximum absolute atomic E-state index is 11.0. The van der Waals surface area contributed by atoms with Gasteiger partial charge in [-0.05, 0) is 32.0 Å². The van der Waals surface area contributed by atoms with Crippen LogP contribution in [0.1, 0.15) is 24.2 Å². The second-order valence-electron chi connectivity index (χ2n) is 3.79. The zero-order valence-electron chi connectivity index (χ0n) is 9.66. The molecule has 0 bridgehead atoms. The summed E-state index contributed by atoms with van der Waals surface area (Å²) < 4.78 is 0. The van der Waals surface area contributed by atoms with Crippen LogP contribution in [-0.2, 0) is 0 Å². The molecule has 0 saturated heterocycles. The third-order valence-corrected chi connectivity index (χ3v) is 2.54. The summed E-state index contributed by atoms with van der Waals surface area (Å²) in [6.07, 6.45) is 0.854. The van der Waals surface area contributed by atoms with Crippen LogP contribution in [0, 0.1) is 0 Å². The van der Waals surface area contributed by atoms with Crippen molar-refractivity contribution in [1.29, 1.82) is 0 Å². The minimum atomic E-state index is 0.640. The van der Waals surface area contributed by atoms with Gasteiger partial charge in [0.2, 0.25) is 0 Å². The Morgan fingerprint density at radius 2 is 2.25 bits per heavy atom. The highest BCUT2D eigenvalue weighted by molar-refractivity contribution is 6.31. The lowest BCUT2D eigenvalue weighted by Crippen LogP contribution is -2.25. The molecule has 86 valence electrons. The van der Waals surface area contributed by atoms with Gasteiger partial charge in [-0.2, -0.15) is 0 Å². The van der Waals surface area contributed by atoms with Gasteiger partial charge in [-0.3, -0.25) is 4.79 Å². The molecule has 3 heteroatoms. The number of benzene rings is 1. The largest absolute Gasteiger partial charge is 0.367 e. The molecule has 2 nitrogen and oxygen atoms in total. The lowest BCUT2D eigenvalue weighted by Gasteiger charge is -2.24. The Bertz CT molecular complexity index is 401. The minimum absolute atomic E-state index is 0.640. The molecule has 0 saturated carbocycles. The maximum Gasteiger partial charge on any atom is 0.152 e. The molecular weight excluding hydrogens is 222 g/mol. The highest BCUT2D eigenvalue weighted by atomic mass is 35.5. The van der Waals surface area contributed by atoms with Crippen molar-refractivity contribution >= 4 is 23.6 Å². The van der Waals surface area contributed by atoms with Crippen LogP contribution in [0.3, 0.4) is 0 Å². The van der Waals surface area contributed by atoms with Crippen LogP contribution >= 0.6 is 11.6 Å².